The van der Waals surface area contributed by atoms with Crippen LogP contribution in [0, 0.1) is 5.92 Å². The Morgan fingerprint density at radius 3 is 2.36 bits per heavy atom. The molecule has 3 N–H and O–H groups in total. The fraction of sp³-hybridized carbons (Fsp3) is 0.400. The van der Waals surface area contributed by atoms with Crippen LogP contribution in [0.5, 0.6) is 0 Å². The van der Waals surface area contributed by atoms with Crippen molar-refractivity contribution in [1.29, 1.82) is 0 Å². The number of aliphatic carboxylic acids is 1. The van der Waals surface area contributed by atoms with Crippen LogP contribution in [0.25, 0.3) is 11.1 Å². The summed E-state index contributed by atoms with van der Waals surface area (Å²) in [6.07, 6.45) is -0.811. The number of hydrogen-bond acceptors (Lipinski definition) is 5. The molecule has 1 aliphatic heterocycles. The van der Waals surface area contributed by atoms with E-state index in [2.05, 4.69) is 34.9 Å². The zero-order chi connectivity index (χ0) is 23.4. The number of carbonyl (C=O) groups is 3. The molecule has 3 atom stereocenters. The van der Waals surface area contributed by atoms with Crippen molar-refractivity contribution in [3.05, 3.63) is 59.7 Å². The van der Waals surface area contributed by atoms with Crippen LogP contribution < -0.4 is 10.6 Å². The highest BCUT2D eigenvalue weighted by Gasteiger charge is 2.34. The quantitative estimate of drug-likeness (QED) is 0.568. The van der Waals surface area contributed by atoms with Gasteiger partial charge in [-0.2, -0.15) is 0 Å². The van der Waals surface area contributed by atoms with Crippen molar-refractivity contribution in [2.24, 2.45) is 5.92 Å². The second-order valence-electron chi connectivity index (χ2n) is 8.56. The van der Waals surface area contributed by atoms with Gasteiger partial charge in [-0.05, 0) is 35.6 Å². The molecule has 2 aromatic rings. The third-order valence-electron chi connectivity index (χ3n) is 6.22. The number of nitrogens with one attached hydrogen (secondary N) is 2. The van der Waals surface area contributed by atoms with E-state index in [9.17, 15) is 14.4 Å². The van der Waals surface area contributed by atoms with E-state index in [1.165, 1.54) is 0 Å². The molecule has 2 aromatic carbocycles. The van der Waals surface area contributed by atoms with Gasteiger partial charge < -0.3 is 25.2 Å². The first-order valence-electron chi connectivity index (χ1n) is 11.2. The van der Waals surface area contributed by atoms with Crippen molar-refractivity contribution >= 4 is 18.0 Å². The van der Waals surface area contributed by atoms with Crippen LogP contribution in [0.3, 0.4) is 0 Å². The average Bonchev–Trinajstić information content (AvgIpc) is 3.39. The van der Waals surface area contributed by atoms with Crippen LogP contribution >= 0.6 is 0 Å². The van der Waals surface area contributed by atoms with Crippen LogP contribution in [0.1, 0.15) is 36.8 Å². The number of benzene rings is 2. The van der Waals surface area contributed by atoms with Gasteiger partial charge in [-0.15, -0.1) is 0 Å². The number of carboxylic acids is 1. The number of carboxylic acid groups (broad SMARTS) is 1. The molecule has 4 rings (SSSR count). The van der Waals surface area contributed by atoms with Crippen LogP contribution in [0.2, 0.25) is 0 Å². The molecule has 0 saturated carbocycles. The van der Waals surface area contributed by atoms with Gasteiger partial charge in [-0.25, -0.2) is 9.59 Å². The average molecular weight is 453 g/mol. The fourth-order valence-electron chi connectivity index (χ4n) is 4.60. The molecule has 0 radical (unpaired) electrons. The standard InChI is InChI=1S/C25H28N2O6/c1-15(12-22(28)26-13-16-10-11-32-23(16)24(29)30)27-25(31)33-14-21-19-8-4-2-6-17(19)18-7-3-5-9-20(18)21/h2-9,15-16,21,23H,10-14H2,1H3,(H,26,28)(H,27,31)(H,29,30)/t15-,16-,23-/m0/s1. The van der Waals surface area contributed by atoms with Crippen LogP contribution in [0.4, 0.5) is 4.79 Å². The van der Waals surface area contributed by atoms with Gasteiger partial charge in [0.25, 0.3) is 0 Å². The predicted molar refractivity (Wildman–Crippen MR) is 121 cm³/mol. The van der Waals surface area contributed by atoms with Crippen LogP contribution in [0.15, 0.2) is 48.5 Å². The molecule has 0 unspecified atom stereocenters. The minimum atomic E-state index is -1.02. The lowest BCUT2D eigenvalue weighted by molar-refractivity contribution is -0.149. The number of ether oxygens (including phenoxy) is 2. The first-order chi connectivity index (χ1) is 15.9. The number of amides is 2. The summed E-state index contributed by atoms with van der Waals surface area (Å²) in [7, 11) is 0. The fourth-order valence-corrected chi connectivity index (χ4v) is 4.60. The smallest absolute Gasteiger partial charge is 0.407 e. The second kappa shape index (κ2) is 10.0. The molecule has 2 aliphatic rings. The van der Waals surface area contributed by atoms with E-state index >= 15 is 0 Å². The Bertz CT molecular complexity index is 994. The summed E-state index contributed by atoms with van der Waals surface area (Å²) >= 11 is 0. The van der Waals surface area contributed by atoms with Gasteiger partial charge in [-0.1, -0.05) is 48.5 Å². The number of carbonyl (C=O) groups excluding carboxylic acids is 2. The van der Waals surface area contributed by atoms with E-state index in [0.29, 0.717) is 13.0 Å². The lowest BCUT2D eigenvalue weighted by Gasteiger charge is -2.18. The molecule has 1 saturated heterocycles. The van der Waals surface area contributed by atoms with Crippen molar-refractivity contribution in [1.82, 2.24) is 10.6 Å². The van der Waals surface area contributed by atoms with Crippen molar-refractivity contribution < 1.29 is 29.0 Å². The Hall–Kier alpha value is -3.39. The Morgan fingerprint density at radius 2 is 1.73 bits per heavy atom. The summed E-state index contributed by atoms with van der Waals surface area (Å²) < 4.78 is 10.7. The van der Waals surface area contributed by atoms with E-state index in [4.69, 9.17) is 14.6 Å². The molecule has 8 nitrogen and oxygen atoms in total. The van der Waals surface area contributed by atoms with Crippen LogP contribution in [-0.2, 0) is 19.1 Å². The molecule has 1 heterocycles. The SMILES string of the molecule is C[C@@H](CC(=O)NC[C@@H]1CCO[C@@H]1C(=O)O)NC(=O)OCC1c2ccccc2-c2ccccc21. The predicted octanol–water partition coefficient (Wildman–Crippen LogP) is 2.91. The van der Waals surface area contributed by atoms with Gasteiger partial charge in [-0.3, -0.25) is 4.79 Å². The lowest BCUT2D eigenvalue weighted by atomic mass is 9.98. The number of fused-ring (bicyclic) bond motifs is 3. The van der Waals surface area contributed by atoms with Gasteiger partial charge >= 0.3 is 12.1 Å². The zero-order valence-corrected chi connectivity index (χ0v) is 18.5. The molecule has 1 fully saturated rings. The van der Waals surface area contributed by atoms with Gasteiger partial charge in [0.1, 0.15) is 6.61 Å². The molecule has 1 aliphatic carbocycles. The summed E-state index contributed by atoms with van der Waals surface area (Å²) in [5.74, 6) is -1.57. The maximum atomic E-state index is 12.4. The van der Waals surface area contributed by atoms with Gasteiger partial charge in [0.2, 0.25) is 5.91 Å². The topological polar surface area (TPSA) is 114 Å². The maximum Gasteiger partial charge on any atom is 0.407 e. The Kier molecular flexibility index (Phi) is 6.93. The molecule has 0 bridgehead atoms. The molecule has 33 heavy (non-hydrogen) atoms. The third kappa shape index (κ3) is 5.17. The maximum absolute atomic E-state index is 12.4. The molecule has 174 valence electrons. The van der Waals surface area contributed by atoms with Crippen molar-refractivity contribution in [2.45, 2.75) is 37.8 Å². The van der Waals surface area contributed by atoms with Crippen LogP contribution in [-0.4, -0.2) is 55.0 Å². The first kappa shape index (κ1) is 22.8. The van der Waals surface area contributed by atoms with Gasteiger partial charge in [0.15, 0.2) is 6.10 Å². The minimum absolute atomic E-state index is 0.0300. The Labute approximate surface area is 192 Å². The van der Waals surface area contributed by atoms with E-state index < -0.39 is 24.2 Å². The largest absolute Gasteiger partial charge is 0.479 e. The number of rotatable bonds is 8. The molecule has 0 aromatic heterocycles. The molecule has 8 heteroatoms. The van der Waals surface area contributed by atoms with E-state index in [-0.39, 0.29) is 37.3 Å². The summed E-state index contributed by atoms with van der Waals surface area (Å²) in [5.41, 5.74) is 4.58. The highest BCUT2D eigenvalue weighted by Crippen LogP contribution is 2.44. The highest BCUT2D eigenvalue weighted by atomic mass is 16.5. The highest BCUT2D eigenvalue weighted by molar-refractivity contribution is 5.80. The zero-order valence-electron chi connectivity index (χ0n) is 18.5. The monoisotopic (exact) mass is 452 g/mol. The summed E-state index contributed by atoms with van der Waals surface area (Å²) in [4.78, 5) is 35.7. The molecule has 0 spiro atoms. The molecular formula is C25H28N2O6. The van der Waals surface area contributed by atoms with E-state index in [1.807, 2.05) is 24.3 Å². The van der Waals surface area contributed by atoms with E-state index in [1.54, 1.807) is 6.92 Å². The number of hydrogen-bond donors (Lipinski definition) is 3. The Balaban J connectivity index is 1.24. The summed E-state index contributed by atoms with van der Waals surface area (Å²) in [5, 5.41) is 14.6. The van der Waals surface area contributed by atoms with Gasteiger partial charge in [0.05, 0.1) is 0 Å². The normalized spacial score (nSPS) is 19.9. The second-order valence-corrected chi connectivity index (χ2v) is 8.56. The van der Waals surface area contributed by atoms with Gasteiger partial charge in [0, 0.05) is 37.5 Å². The summed E-state index contributed by atoms with van der Waals surface area (Å²) in [6.45, 7) is 2.53. The lowest BCUT2D eigenvalue weighted by Crippen LogP contribution is -2.40. The minimum Gasteiger partial charge on any atom is -0.479 e. The van der Waals surface area contributed by atoms with Crippen molar-refractivity contribution in [3.63, 3.8) is 0 Å². The van der Waals surface area contributed by atoms with Crippen molar-refractivity contribution in [3.8, 4) is 11.1 Å². The summed E-state index contributed by atoms with van der Waals surface area (Å²) in [6, 6.07) is 15.8. The first-order valence-corrected chi connectivity index (χ1v) is 11.2. The molecule has 2 amide bonds. The molecular weight excluding hydrogens is 424 g/mol. The number of alkyl carbamates (subject to hydrolysis) is 1. The van der Waals surface area contributed by atoms with E-state index in [0.717, 1.165) is 22.3 Å². The van der Waals surface area contributed by atoms with Crippen molar-refractivity contribution in [2.75, 3.05) is 19.8 Å². The Morgan fingerprint density at radius 1 is 1.09 bits per heavy atom. The third-order valence-corrected chi connectivity index (χ3v) is 6.22.